The number of hydrogen-bond acceptors (Lipinski definition) is 4. The Labute approximate surface area is 161 Å². The summed E-state index contributed by atoms with van der Waals surface area (Å²) in [7, 11) is 0. The highest BCUT2D eigenvalue weighted by Crippen LogP contribution is 2.26. The van der Waals surface area contributed by atoms with Gasteiger partial charge in [-0.05, 0) is 55.3 Å². The van der Waals surface area contributed by atoms with Gasteiger partial charge in [-0.15, -0.1) is 0 Å². The average molecular weight is 387 g/mol. The smallest absolute Gasteiger partial charge is 0.274 e. The van der Waals surface area contributed by atoms with E-state index in [0.29, 0.717) is 21.7 Å². The number of amides is 1. The van der Waals surface area contributed by atoms with Crippen LogP contribution in [-0.4, -0.2) is 15.9 Å². The Bertz CT molecular complexity index is 976. The summed E-state index contributed by atoms with van der Waals surface area (Å²) in [6.07, 6.45) is 1.53. The summed E-state index contributed by atoms with van der Waals surface area (Å²) >= 11 is 12.0. The molecule has 0 radical (unpaired) electrons. The molecule has 1 heterocycles. The quantitative estimate of drug-likeness (QED) is 0.629. The van der Waals surface area contributed by atoms with E-state index in [1.807, 2.05) is 32.0 Å². The lowest BCUT2D eigenvalue weighted by atomic mass is 10.1. The lowest BCUT2D eigenvalue weighted by molar-refractivity contribution is 0.102. The summed E-state index contributed by atoms with van der Waals surface area (Å²) < 4.78 is 0. The first-order valence-electron chi connectivity index (χ1n) is 7.87. The fourth-order valence-corrected chi connectivity index (χ4v) is 2.79. The number of anilines is 3. The normalized spacial score (nSPS) is 10.5. The summed E-state index contributed by atoms with van der Waals surface area (Å²) in [5, 5.41) is 6.71. The largest absolute Gasteiger partial charge is 0.324 e. The molecular formula is C19H16Cl2N4O. The first-order valence-corrected chi connectivity index (χ1v) is 8.62. The van der Waals surface area contributed by atoms with Crippen LogP contribution in [0.25, 0.3) is 0 Å². The molecule has 1 aromatic heterocycles. The van der Waals surface area contributed by atoms with Crippen molar-refractivity contribution in [2.24, 2.45) is 0 Å². The van der Waals surface area contributed by atoms with E-state index in [4.69, 9.17) is 23.2 Å². The SMILES string of the molecule is Cc1cccc(Nc2nccc(C(=O)Nc3ccc(Cl)cc3Cl)n2)c1C. The molecule has 26 heavy (non-hydrogen) atoms. The third-order valence-electron chi connectivity index (χ3n) is 3.92. The Hall–Kier alpha value is -2.63. The minimum absolute atomic E-state index is 0.221. The van der Waals surface area contributed by atoms with Gasteiger partial charge in [0.2, 0.25) is 5.95 Å². The van der Waals surface area contributed by atoms with Crippen LogP contribution in [0.2, 0.25) is 10.0 Å². The van der Waals surface area contributed by atoms with E-state index in [1.54, 1.807) is 18.2 Å². The fraction of sp³-hybridized carbons (Fsp3) is 0.105. The molecule has 0 fully saturated rings. The molecule has 0 aliphatic heterocycles. The highest BCUT2D eigenvalue weighted by Gasteiger charge is 2.12. The van der Waals surface area contributed by atoms with Crippen LogP contribution < -0.4 is 10.6 Å². The third kappa shape index (κ3) is 4.12. The zero-order valence-electron chi connectivity index (χ0n) is 14.2. The van der Waals surface area contributed by atoms with E-state index >= 15 is 0 Å². The monoisotopic (exact) mass is 386 g/mol. The van der Waals surface area contributed by atoms with Crippen molar-refractivity contribution in [1.29, 1.82) is 0 Å². The number of carbonyl (C=O) groups is 1. The highest BCUT2D eigenvalue weighted by atomic mass is 35.5. The molecule has 0 aliphatic carbocycles. The van der Waals surface area contributed by atoms with Gasteiger partial charge >= 0.3 is 0 Å². The van der Waals surface area contributed by atoms with Gasteiger partial charge in [0.1, 0.15) is 5.69 Å². The number of rotatable bonds is 4. The van der Waals surface area contributed by atoms with Crippen LogP contribution in [0.3, 0.4) is 0 Å². The van der Waals surface area contributed by atoms with Crippen LogP contribution >= 0.6 is 23.2 Å². The molecule has 0 spiro atoms. The molecule has 5 nitrogen and oxygen atoms in total. The highest BCUT2D eigenvalue weighted by molar-refractivity contribution is 6.36. The fourth-order valence-electron chi connectivity index (χ4n) is 2.33. The molecule has 1 amide bonds. The Morgan fingerprint density at radius 2 is 1.85 bits per heavy atom. The maximum absolute atomic E-state index is 12.5. The van der Waals surface area contributed by atoms with Crippen molar-refractivity contribution in [3.63, 3.8) is 0 Å². The molecule has 0 saturated carbocycles. The van der Waals surface area contributed by atoms with E-state index in [-0.39, 0.29) is 11.6 Å². The van der Waals surface area contributed by atoms with E-state index in [2.05, 4.69) is 20.6 Å². The molecule has 3 aromatic rings. The van der Waals surface area contributed by atoms with E-state index in [9.17, 15) is 4.79 Å². The molecule has 2 aromatic carbocycles. The van der Waals surface area contributed by atoms with Crippen LogP contribution in [0.4, 0.5) is 17.3 Å². The Balaban J connectivity index is 1.80. The third-order valence-corrected chi connectivity index (χ3v) is 4.47. The number of halogens is 2. The number of nitrogens with zero attached hydrogens (tertiary/aromatic N) is 2. The van der Waals surface area contributed by atoms with Crippen molar-refractivity contribution in [1.82, 2.24) is 9.97 Å². The zero-order valence-corrected chi connectivity index (χ0v) is 15.7. The van der Waals surface area contributed by atoms with Gasteiger partial charge in [0.05, 0.1) is 10.7 Å². The molecule has 0 saturated heterocycles. The first kappa shape index (κ1) is 18.2. The standard InChI is InChI=1S/C19H16Cl2N4O/c1-11-4-3-5-15(12(11)2)24-19-22-9-8-17(25-19)18(26)23-16-7-6-13(20)10-14(16)21/h3-10H,1-2H3,(H,23,26)(H,22,24,25). The number of benzene rings is 2. The number of nitrogens with one attached hydrogen (secondary N) is 2. The van der Waals surface area contributed by atoms with Gasteiger partial charge in [0.25, 0.3) is 5.91 Å². The van der Waals surface area contributed by atoms with Crippen LogP contribution in [0.1, 0.15) is 21.6 Å². The Morgan fingerprint density at radius 1 is 1.04 bits per heavy atom. The molecule has 0 unspecified atom stereocenters. The summed E-state index contributed by atoms with van der Waals surface area (Å²) in [6.45, 7) is 4.04. The first-order chi connectivity index (χ1) is 12.4. The van der Waals surface area contributed by atoms with Gasteiger partial charge < -0.3 is 10.6 Å². The van der Waals surface area contributed by atoms with Crippen molar-refractivity contribution < 1.29 is 4.79 Å². The molecule has 0 bridgehead atoms. The van der Waals surface area contributed by atoms with Crippen molar-refractivity contribution in [2.75, 3.05) is 10.6 Å². The maximum Gasteiger partial charge on any atom is 0.274 e. The Kier molecular flexibility index (Phi) is 5.40. The predicted octanol–water partition coefficient (Wildman–Crippen LogP) is 5.40. The molecule has 0 atom stereocenters. The number of aryl methyl sites for hydroxylation is 1. The van der Waals surface area contributed by atoms with Crippen molar-refractivity contribution in [3.8, 4) is 0 Å². The second-order valence-electron chi connectivity index (χ2n) is 5.72. The van der Waals surface area contributed by atoms with Gasteiger partial charge in [0, 0.05) is 16.9 Å². The van der Waals surface area contributed by atoms with Gasteiger partial charge in [-0.2, -0.15) is 0 Å². The van der Waals surface area contributed by atoms with E-state index < -0.39 is 0 Å². The van der Waals surface area contributed by atoms with Gasteiger partial charge in [0.15, 0.2) is 0 Å². The van der Waals surface area contributed by atoms with Crippen LogP contribution in [-0.2, 0) is 0 Å². The minimum Gasteiger partial charge on any atom is -0.324 e. The Morgan fingerprint density at radius 3 is 2.62 bits per heavy atom. The number of hydrogen-bond donors (Lipinski definition) is 2. The second-order valence-corrected chi connectivity index (χ2v) is 6.56. The maximum atomic E-state index is 12.5. The number of aromatic nitrogens is 2. The molecular weight excluding hydrogens is 371 g/mol. The van der Waals surface area contributed by atoms with Crippen LogP contribution in [0.5, 0.6) is 0 Å². The lowest BCUT2D eigenvalue weighted by Crippen LogP contribution is -2.15. The van der Waals surface area contributed by atoms with Crippen molar-refractivity contribution in [2.45, 2.75) is 13.8 Å². The van der Waals surface area contributed by atoms with Crippen molar-refractivity contribution >= 4 is 46.4 Å². The van der Waals surface area contributed by atoms with Gasteiger partial charge in [-0.25, -0.2) is 9.97 Å². The van der Waals surface area contributed by atoms with Crippen molar-refractivity contribution in [3.05, 3.63) is 75.5 Å². The lowest BCUT2D eigenvalue weighted by Gasteiger charge is -2.11. The van der Waals surface area contributed by atoms with Gasteiger partial charge in [-0.1, -0.05) is 35.3 Å². The molecule has 7 heteroatoms. The summed E-state index contributed by atoms with van der Waals surface area (Å²) in [6, 6.07) is 12.3. The average Bonchev–Trinajstić information content (AvgIpc) is 2.61. The van der Waals surface area contributed by atoms with Gasteiger partial charge in [-0.3, -0.25) is 4.79 Å². The number of carbonyl (C=O) groups excluding carboxylic acids is 1. The van der Waals surface area contributed by atoms with Crippen LogP contribution in [0.15, 0.2) is 48.7 Å². The summed E-state index contributed by atoms with van der Waals surface area (Å²) in [5.74, 6) is -0.0470. The second kappa shape index (κ2) is 7.72. The van der Waals surface area contributed by atoms with E-state index in [0.717, 1.165) is 16.8 Å². The zero-order chi connectivity index (χ0) is 18.7. The van der Waals surface area contributed by atoms with E-state index in [1.165, 1.54) is 12.3 Å². The molecule has 3 rings (SSSR count). The van der Waals surface area contributed by atoms with Crippen LogP contribution in [0, 0.1) is 13.8 Å². The molecule has 2 N–H and O–H groups in total. The minimum atomic E-state index is -0.388. The summed E-state index contributed by atoms with van der Waals surface area (Å²) in [4.78, 5) is 20.9. The summed E-state index contributed by atoms with van der Waals surface area (Å²) in [5.41, 5.74) is 3.83. The predicted molar refractivity (Wildman–Crippen MR) is 106 cm³/mol. The molecule has 0 aliphatic rings. The topological polar surface area (TPSA) is 66.9 Å². The molecule has 132 valence electrons.